The number of hydrogen-bond acceptors (Lipinski definition) is 2. The molecule has 0 spiro atoms. The van der Waals surface area contributed by atoms with Crippen LogP contribution in [-0.2, 0) is 0 Å². The first-order valence-corrected chi connectivity index (χ1v) is 14.3. The molecule has 0 amide bonds. The van der Waals surface area contributed by atoms with Crippen LogP contribution in [0.25, 0.3) is 11.1 Å². The zero-order chi connectivity index (χ0) is 27.3. The summed E-state index contributed by atoms with van der Waals surface area (Å²) >= 11 is 0. The minimum Gasteiger partial charge on any atom is -0.334 e. The molecule has 4 aromatic rings. The summed E-state index contributed by atoms with van der Waals surface area (Å²) in [5.41, 5.74) is 8.37. The van der Waals surface area contributed by atoms with E-state index in [1.807, 2.05) is 0 Å². The predicted molar refractivity (Wildman–Crippen MR) is 171 cm³/mol. The molecule has 2 heteroatoms. The number of para-hydroxylation sites is 2. The largest absolute Gasteiger partial charge is 0.334 e. The van der Waals surface area contributed by atoms with E-state index >= 15 is 0 Å². The first-order chi connectivity index (χ1) is 19.7. The monoisotopic (exact) mass is 520 g/mol. The number of anilines is 4. The van der Waals surface area contributed by atoms with Crippen LogP contribution in [0.1, 0.15) is 20.3 Å². The fraction of sp³-hybridized carbons (Fsp3) is 0.158. The molecule has 0 saturated carbocycles. The average molecular weight is 521 g/mol. The van der Waals surface area contributed by atoms with Crippen molar-refractivity contribution < 1.29 is 0 Å². The van der Waals surface area contributed by atoms with Gasteiger partial charge in [0.05, 0.1) is 6.04 Å². The minimum atomic E-state index is 0.293. The van der Waals surface area contributed by atoms with Gasteiger partial charge in [0.25, 0.3) is 0 Å². The molecule has 0 radical (unpaired) electrons. The van der Waals surface area contributed by atoms with Gasteiger partial charge in [-0.2, -0.15) is 0 Å². The lowest BCUT2D eigenvalue weighted by molar-refractivity contribution is 0.593. The predicted octanol–water partition coefficient (Wildman–Crippen LogP) is 10.2. The Labute approximate surface area is 238 Å². The van der Waals surface area contributed by atoms with Crippen LogP contribution in [0, 0.1) is 11.8 Å². The summed E-state index contributed by atoms with van der Waals surface area (Å²) in [5.74, 6) is 1.03. The van der Waals surface area contributed by atoms with E-state index in [1.54, 1.807) is 0 Å². The molecule has 2 aliphatic carbocycles. The van der Waals surface area contributed by atoms with Gasteiger partial charge < -0.3 is 9.80 Å². The maximum atomic E-state index is 2.50. The van der Waals surface area contributed by atoms with Crippen LogP contribution in [0.15, 0.2) is 157 Å². The Hall–Kier alpha value is -4.56. The normalized spacial score (nSPS) is 19.8. The van der Waals surface area contributed by atoms with Crippen LogP contribution in [0.5, 0.6) is 0 Å². The van der Waals surface area contributed by atoms with Crippen LogP contribution >= 0.6 is 0 Å². The van der Waals surface area contributed by atoms with E-state index in [1.165, 1.54) is 22.5 Å². The van der Waals surface area contributed by atoms with E-state index in [0.717, 1.165) is 23.5 Å². The van der Waals surface area contributed by atoms with E-state index in [0.29, 0.717) is 17.9 Å². The van der Waals surface area contributed by atoms with Crippen LogP contribution in [0.2, 0.25) is 0 Å². The van der Waals surface area contributed by atoms with Crippen LogP contribution in [-0.4, -0.2) is 6.04 Å². The second-order valence-electron chi connectivity index (χ2n) is 10.8. The lowest BCUT2D eigenvalue weighted by Crippen LogP contribution is -2.38. The van der Waals surface area contributed by atoms with Gasteiger partial charge in [-0.15, -0.1) is 0 Å². The summed E-state index contributed by atoms with van der Waals surface area (Å²) < 4.78 is 0. The standard InChI is InChI=1S/C38H36N2/c1-29-17-23-36(24-18-29)40(38-16-10-9-11-30(38)2)37-27-21-32(22-28-37)31-19-25-35(26-20-31)39(33-12-5-3-6-13-33)34-14-7-4-8-15-34/h3-17,19-30,38H,18H2,1-2H3. The van der Waals surface area contributed by atoms with Crippen molar-refractivity contribution in [1.82, 2.24) is 0 Å². The number of hydrogen-bond donors (Lipinski definition) is 0. The summed E-state index contributed by atoms with van der Waals surface area (Å²) in [5, 5.41) is 0. The van der Waals surface area contributed by atoms with E-state index in [-0.39, 0.29) is 0 Å². The Kier molecular flexibility index (Phi) is 7.50. The van der Waals surface area contributed by atoms with Gasteiger partial charge in [0.2, 0.25) is 0 Å². The Morgan fingerprint density at radius 2 is 1.07 bits per heavy atom. The molecule has 0 bridgehead atoms. The Morgan fingerprint density at radius 1 is 0.550 bits per heavy atom. The number of allylic oxidation sites excluding steroid dienone is 5. The summed E-state index contributed by atoms with van der Waals surface area (Å²) in [4.78, 5) is 4.79. The summed E-state index contributed by atoms with van der Waals surface area (Å²) in [7, 11) is 0. The lowest BCUT2D eigenvalue weighted by atomic mass is 9.92. The number of rotatable bonds is 7. The SMILES string of the molecule is CC1C=CC(N(c2ccc(-c3ccc(N(c4ccccc4)c4ccccc4)cc3)cc2)C2C=CC=CC2C)=CC1. The highest BCUT2D eigenvalue weighted by molar-refractivity contribution is 5.78. The summed E-state index contributed by atoms with van der Waals surface area (Å²) in [6.45, 7) is 4.58. The molecular formula is C38H36N2. The Morgan fingerprint density at radius 3 is 1.60 bits per heavy atom. The molecular weight excluding hydrogens is 484 g/mol. The van der Waals surface area contributed by atoms with Crippen molar-refractivity contribution in [1.29, 1.82) is 0 Å². The zero-order valence-electron chi connectivity index (χ0n) is 23.3. The molecule has 0 N–H and O–H groups in total. The van der Waals surface area contributed by atoms with Crippen molar-refractivity contribution in [3.05, 3.63) is 157 Å². The summed E-state index contributed by atoms with van der Waals surface area (Å²) in [6.07, 6.45) is 17.1. The molecule has 2 aliphatic rings. The molecule has 40 heavy (non-hydrogen) atoms. The minimum absolute atomic E-state index is 0.293. The van der Waals surface area contributed by atoms with Gasteiger partial charge in [-0.25, -0.2) is 0 Å². The van der Waals surface area contributed by atoms with Gasteiger partial charge in [-0.3, -0.25) is 0 Å². The molecule has 3 atom stereocenters. The van der Waals surface area contributed by atoms with Gasteiger partial charge in [0.1, 0.15) is 0 Å². The molecule has 6 rings (SSSR count). The van der Waals surface area contributed by atoms with E-state index in [4.69, 9.17) is 0 Å². The third-order valence-electron chi connectivity index (χ3n) is 7.88. The van der Waals surface area contributed by atoms with Crippen LogP contribution in [0.4, 0.5) is 22.7 Å². The topological polar surface area (TPSA) is 6.48 Å². The molecule has 0 aliphatic heterocycles. The fourth-order valence-electron chi connectivity index (χ4n) is 5.63. The molecule has 0 saturated heterocycles. The molecule has 0 fully saturated rings. The smallest absolute Gasteiger partial charge is 0.0585 e. The van der Waals surface area contributed by atoms with Crippen molar-refractivity contribution in [3.8, 4) is 11.1 Å². The highest BCUT2D eigenvalue weighted by Gasteiger charge is 2.25. The molecule has 0 heterocycles. The second kappa shape index (κ2) is 11.7. The molecule has 2 nitrogen and oxygen atoms in total. The average Bonchev–Trinajstić information content (AvgIpc) is 3.01. The van der Waals surface area contributed by atoms with Gasteiger partial charge >= 0.3 is 0 Å². The number of nitrogens with zero attached hydrogens (tertiary/aromatic N) is 2. The second-order valence-corrected chi connectivity index (χ2v) is 10.8. The van der Waals surface area contributed by atoms with Gasteiger partial charge in [-0.05, 0) is 84.0 Å². The quantitative estimate of drug-likeness (QED) is 0.239. The van der Waals surface area contributed by atoms with Crippen molar-refractivity contribution in [2.24, 2.45) is 11.8 Å². The van der Waals surface area contributed by atoms with Crippen molar-refractivity contribution >= 4 is 22.7 Å². The third-order valence-corrected chi connectivity index (χ3v) is 7.88. The Balaban J connectivity index is 1.29. The van der Waals surface area contributed by atoms with Crippen molar-refractivity contribution in [2.45, 2.75) is 26.3 Å². The highest BCUT2D eigenvalue weighted by atomic mass is 15.2. The van der Waals surface area contributed by atoms with E-state index in [2.05, 4.69) is 175 Å². The van der Waals surface area contributed by atoms with Crippen LogP contribution in [0.3, 0.4) is 0 Å². The van der Waals surface area contributed by atoms with E-state index < -0.39 is 0 Å². The van der Waals surface area contributed by atoms with Crippen LogP contribution < -0.4 is 9.80 Å². The zero-order valence-corrected chi connectivity index (χ0v) is 23.3. The van der Waals surface area contributed by atoms with Gasteiger partial charge in [0, 0.05) is 28.4 Å². The van der Waals surface area contributed by atoms with Gasteiger partial charge in [0.15, 0.2) is 0 Å². The maximum absolute atomic E-state index is 2.50. The highest BCUT2D eigenvalue weighted by Crippen LogP contribution is 2.36. The third kappa shape index (κ3) is 5.44. The molecule has 198 valence electrons. The van der Waals surface area contributed by atoms with Crippen molar-refractivity contribution in [3.63, 3.8) is 0 Å². The Bertz CT molecular complexity index is 1490. The molecule has 0 aromatic heterocycles. The van der Waals surface area contributed by atoms with E-state index in [9.17, 15) is 0 Å². The first kappa shape index (κ1) is 25.7. The maximum Gasteiger partial charge on any atom is 0.0585 e. The fourth-order valence-corrected chi connectivity index (χ4v) is 5.63. The molecule has 3 unspecified atom stereocenters. The lowest BCUT2D eigenvalue weighted by Gasteiger charge is -2.37. The van der Waals surface area contributed by atoms with Gasteiger partial charge in [-0.1, -0.05) is 111 Å². The summed E-state index contributed by atoms with van der Waals surface area (Å²) in [6, 6.07) is 39.3. The van der Waals surface area contributed by atoms with Crippen molar-refractivity contribution in [2.75, 3.05) is 9.80 Å². The molecule has 4 aromatic carbocycles. The first-order valence-electron chi connectivity index (χ1n) is 14.3. The number of benzene rings is 4.